The van der Waals surface area contributed by atoms with Gasteiger partial charge >= 0.3 is 0 Å². The summed E-state index contributed by atoms with van der Waals surface area (Å²) in [5, 5.41) is 3.02. The number of carbonyl (C=O) groups excluding carboxylic acids is 1. The minimum atomic E-state index is -0.643. The van der Waals surface area contributed by atoms with Crippen molar-refractivity contribution in [3.63, 3.8) is 0 Å². The van der Waals surface area contributed by atoms with Crippen LogP contribution in [0, 0.1) is 11.6 Å². The first-order valence-corrected chi connectivity index (χ1v) is 7.75. The summed E-state index contributed by atoms with van der Waals surface area (Å²) < 4.78 is 32.7. The third-order valence-electron chi connectivity index (χ3n) is 3.99. The molecule has 0 aliphatic carbocycles. The Morgan fingerprint density at radius 3 is 2.54 bits per heavy atom. The Morgan fingerprint density at radius 2 is 1.73 bits per heavy atom. The number of rotatable bonds is 2. The van der Waals surface area contributed by atoms with Crippen LogP contribution in [0.4, 0.5) is 14.5 Å². The van der Waals surface area contributed by atoms with Crippen molar-refractivity contribution in [2.75, 3.05) is 5.32 Å². The average Bonchev–Trinajstić information content (AvgIpc) is 2.63. The number of amides is 1. The Kier molecular flexibility index (Phi) is 3.73. The van der Waals surface area contributed by atoms with Crippen LogP contribution >= 0.6 is 0 Å². The van der Waals surface area contributed by atoms with Crippen LogP contribution in [0.15, 0.2) is 69.9 Å². The van der Waals surface area contributed by atoms with Crippen molar-refractivity contribution >= 4 is 33.5 Å². The topological polar surface area (TPSA) is 59.3 Å². The fourth-order valence-electron chi connectivity index (χ4n) is 2.75. The number of hydrogen-bond acceptors (Lipinski definition) is 3. The Bertz CT molecular complexity index is 1230. The molecule has 3 aromatic carbocycles. The zero-order valence-electron chi connectivity index (χ0n) is 13.3. The predicted molar refractivity (Wildman–Crippen MR) is 94.3 cm³/mol. The van der Waals surface area contributed by atoms with Gasteiger partial charge in [-0.15, -0.1) is 0 Å². The molecule has 26 heavy (non-hydrogen) atoms. The van der Waals surface area contributed by atoms with Crippen LogP contribution in [0.1, 0.15) is 10.4 Å². The summed E-state index contributed by atoms with van der Waals surface area (Å²) in [6.07, 6.45) is 0. The molecular weight excluding hydrogens is 340 g/mol. The first kappa shape index (κ1) is 16.0. The first-order valence-electron chi connectivity index (χ1n) is 7.75. The minimum Gasteiger partial charge on any atom is -0.453 e. The van der Waals surface area contributed by atoms with Gasteiger partial charge < -0.3 is 9.73 Å². The first-order chi connectivity index (χ1) is 12.5. The smallest absolute Gasteiger partial charge is 0.255 e. The van der Waals surface area contributed by atoms with E-state index < -0.39 is 17.5 Å². The lowest BCUT2D eigenvalue weighted by Gasteiger charge is -2.07. The van der Waals surface area contributed by atoms with E-state index in [-0.39, 0.29) is 32.9 Å². The van der Waals surface area contributed by atoms with Gasteiger partial charge in [0.25, 0.3) is 5.91 Å². The van der Waals surface area contributed by atoms with Crippen molar-refractivity contribution in [3.8, 4) is 0 Å². The van der Waals surface area contributed by atoms with Gasteiger partial charge in [0.15, 0.2) is 11.4 Å². The molecule has 128 valence electrons. The number of hydrogen-bond donors (Lipinski definition) is 1. The molecule has 0 radical (unpaired) electrons. The predicted octanol–water partition coefficient (Wildman–Crippen LogP) is 4.48. The van der Waals surface area contributed by atoms with E-state index in [1.165, 1.54) is 54.6 Å². The van der Waals surface area contributed by atoms with Crippen molar-refractivity contribution in [2.45, 2.75) is 0 Å². The summed E-state index contributed by atoms with van der Waals surface area (Å²) in [7, 11) is 0. The lowest BCUT2D eigenvalue weighted by molar-refractivity contribution is 0.102. The number of fused-ring (bicyclic) bond motifs is 2. The Balaban J connectivity index is 1.78. The van der Waals surface area contributed by atoms with E-state index in [4.69, 9.17) is 4.42 Å². The van der Waals surface area contributed by atoms with E-state index in [9.17, 15) is 18.4 Å². The molecule has 0 aliphatic rings. The average molecular weight is 351 g/mol. The van der Waals surface area contributed by atoms with Gasteiger partial charge in [0.1, 0.15) is 11.4 Å². The second-order valence-electron chi connectivity index (χ2n) is 5.72. The van der Waals surface area contributed by atoms with Gasteiger partial charge in [-0.25, -0.2) is 8.78 Å². The summed E-state index contributed by atoms with van der Waals surface area (Å²) >= 11 is 0. The van der Waals surface area contributed by atoms with Gasteiger partial charge in [-0.3, -0.25) is 9.59 Å². The molecule has 0 unspecified atom stereocenters. The van der Waals surface area contributed by atoms with Crippen LogP contribution in [0.2, 0.25) is 0 Å². The molecule has 0 fully saturated rings. The summed E-state index contributed by atoms with van der Waals surface area (Å²) in [4.78, 5) is 24.7. The summed E-state index contributed by atoms with van der Waals surface area (Å²) in [6.45, 7) is 0. The van der Waals surface area contributed by atoms with Gasteiger partial charge in [0.2, 0.25) is 5.43 Å². The maximum atomic E-state index is 13.9. The van der Waals surface area contributed by atoms with Crippen molar-refractivity contribution in [3.05, 3.63) is 88.1 Å². The third kappa shape index (κ3) is 2.71. The maximum Gasteiger partial charge on any atom is 0.255 e. The van der Waals surface area contributed by atoms with Crippen LogP contribution in [0.3, 0.4) is 0 Å². The number of halogens is 2. The molecule has 1 amide bonds. The van der Waals surface area contributed by atoms with E-state index in [1.807, 2.05) is 0 Å². The number of anilines is 1. The van der Waals surface area contributed by atoms with Crippen molar-refractivity contribution in [1.29, 1.82) is 0 Å². The molecule has 1 heterocycles. The number of nitrogens with one attached hydrogen (secondary N) is 1. The normalized spacial score (nSPS) is 11.0. The van der Waals surface area contributed by atoms with E-state index in [0.717, 1.165) is 6.07 Å². The molecule has 0 saturated carbocycles. The summed E-state index contributed by atoms with van der Waals surface area (Å²) in [5.74, 6) is -1.68. The number of carbonyl (C=O) groups is 1. The molecule has 0 atom stereocenters. The molecule has 4 nitrogen and oxygen atoms in total. The van der Waals surface area contributed by atoms with E-state index >= 15 is 0 Å². The van der Waals surface area contributed by atoms with Crippen LogP contribution in [0.25, 0.3) is 21.9 Å². The van der Waals surface area contributed by atoms with E-state index in [2.05, 4.69) is 5.32 Å². The second kappa shape index (κ2) is 6.07. The van der Waals surface area contributed by atoms with Crippen molar-refractivity contribution in [1.82, 2.24) is 0 Å². The number of benzene rings is 3. The summed E-state index contributed by atoms with van der Waals surface area (Å²) in [5.41, 5.74) is 0.133. The van der Waals surface area contributed by atoms with Gasteiger partial charge in [-0.05, 0) is 42.5 Å². The highest BCUT2D eigenvalue weighted by molar-refractivity contribution is 6.05. The maximum absolute atomic E-state index is 13.9. The monoisotopic (exact) mass is 351 g/mol. The second-order valence-corrected chi connectivity index (χ2v) is 5.72. The standard InChI is InChI=1S/C20H11F2NO3/c21-12-4-1-3-11(9-12)20(25)23-13-7-8-14-17(10-13)26-19-15(18(14)24)5-2-6-16(19)22/h1-10H,(H,23,25). The fourth-order valence-corrected chi connectivity index (χ4v) is 2.75. The largest absolute Gasteiger partial charge is 0.453 e. The van der Waals surface area contributed by atoms with Gasteiger partial charge in [-0.1, -0.05) is 12.1 Å². The molecule has 0 bridgehead atoms. The molecule has 4 rings (SSSR count). The van der Waals surface area contributed by atoms with Gasteiger partial charge in [0, 0.05) is 17.3 Å². The molecule has 0 saturated heterocycles. The highest BCUT2D eigenvalue weighted by Gasteiger charge is 2.13. The molecule has 6 heteroatoms. The van der Waals surface area contributed by atoms with Crippen LogP contribution in [-0.4, -0.2) is 5.91 Å². The molecule has 4 aromatic rings. The quantitative estimate of drug-likeness (QED) is 0.542. The lowest BCUT2D eigenvalue weighted by atomic mass is 10.1. The molecule has 1 aromatic heterocycles. The lowest BCUT2D eigenvalue weighted by Crippen LogP contribution is -2.12. The Morgan fingerprint density at radius 1 is 0.923 bits per heavy atom. The van der Waals surface area contributed by atoms with Gasteiger partial charge in [0.05, 0.1) is 10.8 Å². The molecular formula is C20H11F2NO3. The van der Waals surface area contributed by atoms with Gasteiger partial charge in [-0.2, -0.15) is 0 Å². The van der Waals surface area contributed by atoms with Crippen LogP contribution in [0.5, 0.6) is 0 Å². The van der Waals surface area contributed by atoms with Crippen LogP contribution < -0.4 is 10.7 Å². The minimum absolute atomic E-state index is 0.140. The highest BCUT2D eigenvalue weighted by atomic mass is 19.1. The van der Waals surface area contributed by atoms with E-state index in [0.29, 0.717) is 5.69 Å². The molecule has 0 aliphatic heterocycles. The Labute approximate surface area is 145 Å². The zero-order chi connectivity index (χ0) is 18.3. The fraction of sp³-hybridized carbons (Fsp3) is 0. The molecule has 0 spiro atoms. The molecule has 1 N–H and O–H groups in total. The number of para-hydroxylation sites is 1. The summed E-state index contributed by atoms with van der Waals surface area (Å²) in [6, 6.07) is 13.8. The zero-order valence-corrected chi connectivity index (χ0v) is 13.3. The third-order valence-corrected chi connectivity index (χ3v) is 3.99. The highest BCUT2D eigenvalue weighted by Crippen LogP contribution is 2.23. The van der Waals surface area contributed by atoms with Crippen molar-refractivity contribution < 1.29 is 18.0 Å². The SMILES string of the molecule is O=C(Nc1ccc2c(=O)c3cccc(F)c3oc2c1)c1cccc(F)c1. The van der Waals surface area contributed by atoms with E-state index in [1.54, 1.807) is 0 Å². The van der Waals surface area contributed by atoms with Crippen LogP contribution in [-0.2, 0) is 0 Å². The Hall–Kier alpha value is -3.54. The van der Waals surface area contributed by atoms with Crippen molar-refractivity contribution in [2.24, 2.45) is 0 Å².